The lowest BCUT2D eigenvalue weighted by molar-refractivity contribution is -0.166. The van der Waals surface area contributed by atoms with Gasteiger partial charge in [-0.25, -0.2) is 0 Å². The summed E-state index contributed by atoms with van der Waals surface area (Å²) in [6.07, 6.45) is 6.02. The molecule has 1 aliphatic rings. The van der Waals surface area contributed by atoms with Crippen molar-refractivity contribution in [2.75, 3.05) is 6.26 Å². The van der Waals surface area contributed by atoms with Gasteiger partial charge >= 0.3 is 0 Å². The third-order valence-electron chi connectivity index (χ3n) is 5.61. The van der Waals surface area contributed by atoms with Gasteiger partial charge in [-0.05, 0) is 30.6 Å². The number of hydrogen-bond donors (Lipinski definition) is 0. The first-order valence-corrected chi connectivity index (χ1v) is 9.60. The summed E-state index contributed by atoms with van der Waals surface area (Å²) < 4.78 is 8.91. The van der Waals surface area contributed by atoms with Gasteiger partial charge in [-0.2, -0.15) is 0 Å². The van der Waals surface area contributed by atoms with E-state index < -0.39 is 0 Å². The molecule has 1 aliphatic heterocycles. The number of nitrogens with zero attached hydrogens (tertiary/aromatic N) is 1. The van der Waals surface area contributed by atoms with Crippen LogP contribution >= 0.6 is 11.8 Å². The van der Waals surface area contributed by atoms with Crippen molar-refractivity contribution < 1.29 is 4.74 Å². The van der Waals surface area contributed by atoms with Gasteiger partial charge in [0.25, 0.3) is 0 Å². The molecule has 1 saturated heterocycles. The van der Waals surface area contributed by atoms with Crippen LogP contribution in [0.2, 0.25) is 0 Å². The summed E-state index contributed by atoms with van der Waals surface area (Å²) in [5.74, 6) is 1.81. The second-order valence-electron chi connectivity index (χ2n) is 6.67. The fraction of sp³-hybridized carbons (Fsp3) is 0.579. The van der Waals surface area contributed by atoms with E-state index in [-0.39, 0.29) is 6.23 Å². The molecule has 0 saturated carbocycles. The van der Waals surface area contributed by atoms with Crippen LogP contribution in [0.25, 0.3) is 10.9 Å². The Labute approximate surface area is 138 Å². The number of ether oxygens (including phenoxy) is 1. The lowest BCUT2D eigenvalue weighted by Gasteiger charge is -2.44. The summed E-state index contributed by atoms with van der Waals surface area (Å²) in [4.78, 5) is 1.34. The molecule has 2 nitrogen and oxygen atoms in total. The molecule has 0 spiro atoms. The van der Waals surface area contributed by atoms with Crippen LogP contribution in [0.3, 0.4) is 0 Å². The van der Waals surface area contributed by atoms with Crippen LogP contribution in [-0.4, -0.2) is 16.9 Å². The lowest BCUT2D eigenvalue weighted by atomic mass is 9.77. The van der Waals surface area contributed by atoms with Crippen molar-refractivity contribution in [2.24, 2.45) is 17.8 Å². The fourth-order valence-electron chi connectivity index (χ4n) is 3.84. The molecular weight excluding hydrogens is 290 g/mol. The Kier molecular flexibility index (Phi) is 4.56. The van der Waals surface area contributed by atoms with Crippen molar-refractivity contribution in [1.82, 2.24) is 4.57 Å². The van der Waals surface area contributed by atoms with Crippen LogP contribution in [0.15, 0.2) is 35.4 Å². The zero-order chi connectivity index (χ0) is 15.9. The Morgan fingerprint density at radius 1 is 1.09 bits per heavy atom. The zero-order valence-corrected chi connectivity index (χ0v) is 15.1. The van der Waals surface area contributed by atoms with Crippen molar-refractivity contribution in [2.45, 2.75) is 51.3 Å². The minimum Gasteiger partial charge on any atom is -0.354 e. The molecule has 120 valence electrons. The summed E-state index contributed by atoms with van der Waals surface area (Å²) in [5, 5.41) is 1.34. The number of benzene rings is 1. The average Bonchev–Trinajstić information content (AvgIpc) is 2.92. The largest absolute Gasteiger partial charge is 0.354 e. The Balaban J connectivity index is 2.06. The maximum absolute atomic E-state index is 6.54. The molecule has 0 amide bonds. The molecule has 3 rings (SSSR count). The van der Waals surface area contributed by atoms with Gasteiger partial charge in [0.1, 0.15) is 6.23 Å². The quantitative estimate of drug-likeness (QED) is 0.686. The van der Waals surface area contributed by atoms with Gasteiger partial charge in [0.15, 0.2) is 0 Å². The van der Waals surface area contributed by atoms with E-state index in [0.29, 0.717) is 23.9 Å². The van der Waals surface area contributed by atoms with E-state index >= 15 is 0 Å². The van der Waals surface area contributed by atoms with Crippen molar-refractivity contribution in [3.8, 4) is 0 Å². The van der Waals surface area contributed by atoms with Crippen LogP contribution < -0.4 is 0 Å². The molecule has 1 aromatic carbocycles. The van der Waals surface area contributed by atoms with Gasteiger partial charge in [0.05, 0.1) is 11.6 Å². The van der Waals surface area contributed by atoms with Crippen LogP contribution in [0, 0.1) is 17.8 Å². The number of para-hydroxylation sites is 1. The molecule has 2 heterocycles. The van der Waals surface area contributed by atoms with E-state index in [1.54, 1.807) is 0 Å². The molecule has 3 heteroatoms. The number of aromatic nitrogens is 1. The van der Waals surface area contributed by atoms with Crippen LogP contribution in [-0.2, 0) is 4.74 Å². The van der Waals surface area contributed by atoms with E-state index in [1.165, 1.54) is 15.8 Å². The molecule has 5 atom stereocenters. The van der Waals surface area contributed by atoms with Gasteiger partial charge in [-0.15, -0.1) is 11.8 Å². The van der Waals surface area contributed by atoms with Gasteiger partial charge in [-0.3, -0.25) is 0 Å². The molecule has 0 aliphatic carbocycles. The van der Waals surface area contributed by atoms with Crippen LogP contribution in [0.5, 0.6) is 0 Å². The second kappa shape index (κ2) is 6.29. The van der Waals surface area contributed by atoms with E-state index in [2.05, 4.69) is 69.0 Å². The Morgan fingerprint density at radius 3 is 2.50 bits per heavy atom. The second-order valence-corrected chi connectivity index (χ2v) is 7.52. The molecule has 0 N–H and O–H groups in total. The Hall–Kier alpha value is -0.930. The van der Waals surface area contributed by atoms with E-state index in [0.717, 1.165) is 6.42 Å². The summed E-state index contributed by atoms with van der Waals surface area (Å²) in [7, 11) is 0. The minimum absolute atomic E-state index is 0.141. The van der Waals surface area contributed by atoms with E-state index in [1.807, 2.05) is 11.8 Å². The molecule has 1 unspecified atom stereocenters. The van der Waals surface area contributed by atoms with Gasteiger partial charge in [0, 0.05) is 22.4 Å². The minimum atomic E-state index is 0.141. The molecule has 1 aromatic heterocycles. The predicted octanol–water partition coefficient (Wildman–Crippen LogP) is 5.58. The molecule has 1 fully saturated rings. The summed E-state index contributed by atoms with van der Waals surface area (Å²) in [6.45, 7) is 9.30. The maximum Gasteiger partial charge on any atom is 0.137 e. The molecule has 0 radical (unpaired) electrons. The monoisotopic (exact) mass is 317 g/mol. The molecule has 2 aromatic rings. The van der Waals surface area contributed by atoms with Gasteiger partial charge < -0.3 is 9.30 Å². The first kappa shape index (κ1) is 15.9. The third kappa shape index (κ3) is 2.48. The van der Waals surface area contributed by atoms with Crippen LogP contribution in [0.1, 0.15) is 40.3 Å². The van der Waals surface area contributed by atoms with E-state index in [9.17, 15) is 0 Å². The number of thioether (sulfide) groups is 1. The fourth-order valence-corrected chi connectivity index (χ4v) is 4.45. The maximum atomic E-state index is 6.54. The number of fused-ring (bicyclic) bond motifs is 1. The Morgan fingerprint density at radius 2 is 1.82 bits per heavy atom. The topological polar surface area (TPSA) is 14.2 Å². The molecular formula is C19H27NOS. The summed E-state index contributed by atoms with van der Waals surface area (Å²) in [5.41, 5.74) is 1.29. The summed E-state index contributed by atoms with van der Waals surface area (Å²) >= 11 is 1.82. The average molecular weight is 317 g/mol. The lowest BCUT2D eigenvalue weighted by Crippen LogP contribution is -2.42. The first-order chi connectivity index (χ1) is 10.6. The van der Waals surface area contributed by atoms with Gasteiger partial charge in [-0.1, -0.05) is 45.9 Å². The Bertz CT molecular complexity index is 648. The number of rotatable bonds is 3. The van der Waals surface area contributed by atoms with Crippen molar-refractivity contribution in [3.05, 3.63) is 30.5 Å². The highest BCUT2D eigenvalue weighted by molar-refractivity contribution is 7.98. The van der Waals surface area contributed by atoms with Crippen molar-refractivity contribution in [3.63, 3.8) is 0 Å². The normalized spacial score (nSPS) is 32.5. The number of hydrogen-bond acceptors (Lipinski definition) is 2. The van der Waals surface area contributed by atoms with Crippen molar-refractivity contribution in [1.29, 1.82) is 0 Å². The smallest absolute Gasteiger partial charge is 0.137 e. The highest BCUT2D eigenvalue weighted by atomic mass is 32.2. The van der Waals surface area contributed by atoms with Crippen LogP contribution in [0.4, 0.5) is 0 Å². The predicted molar refractivity (Wildman–Crippen MR) is 95.4 cm³/mol. The van der Waals surface area contributed by atoms with E-state index in [4.69, 9.17) is 4.74 Å². The standard InChI is InChI=1S/C19H27NOS/c1-6-17-13(3)12(2)14(4)19(21-17)20-11-18(22-5)15-9-7-8-10-16(15)20/h7-14,17,19H,6H2,1-5H3/t12-,13?,14+,17+,19+/m0/s1. The summed E-state index contributed by atoms with van der Waals surface area (Å²) in [6, 6.07) is 8.68. The third-order valence-corrected chi connectivity index (χ3v) is 6.37. The molecule has 22 heavy (non-hydrogen) atoms. The highest BCUT2D eigenvalue weighted by Crippen LogP contribution is 2.43. The molecule has 0 bridgehead atoms. The first-order valence-electron chi connectivity index (χ1n) is 8.37. The highest BCUT2D eigenvalue weighted by Gasteiger charge is 2.39. The SMILES string of the molecule is CC[C@H]1O[C@@H](n2cc(SC)c3ccccc32)[C@H](C)[C@@H](C)C1C. The van der Waals surface area contributed by atoms with Crippen molar-refractivity contribution >= 4 is 22.7 Å². The zero-order valence-electron chi connectivity index (χ0n) is 14.2. The van der Waals surface area contributed by atoms with Gasteiger partial charge in [0.2, 0.25) is 0 Å².